The zero-order chi connectivity index (χ0) is 15.5. The van der Waals surface area contributed by atoms with Crippen LogP contribution in [0.5, 0.6) is 0 Å². The molecule has 3 N–H and O–H groups in total. The quantitative estimate of drug-likeness (QED) is 0.770. The zero-order valence-electron chi connectivity index (χ0n) is 12.6. The number of primary amides is 1. The molecule has 116 valence electrons. The van der Waals surface area contributed by atoms with Gasteiger partial charge in [-0.25, -0.2) is 0 Å². The molecule has 1 aliphatic rings. The third-order valence-electron chi connectivity index (χ3n) is 3.82. The van der Waals surface area contributed by atoms with E-state index >= 15 is 0 Å². The number of thioether (sulfide) groups is 1. The van der Waals surface area contributed by atoms with Crippen molar-refractivity contribution in [2.45, 2.75) is 55.7 Å². The van der Waals surface area contributed by atoms with Crippen LogP contribution in [0.2, 0.25) is 5.02 Å². The fourth-order valence-electron chi connectivity index (χ4n) is 2.39. The van der Waals surface area contributed by atoms with Crippen LogP contribution in [0.3, 0.4) is 0 Å². The molecule has 1 amide bonds. The van der Waals surface area contributed by atoms with E-state index in [0.717, 1.165) is 35.6 Å². The third-order valence-corrected chi connectivity index (χ3v) is 5.40. The molecule has 0 spiro atoms. The van der Waals surface area contributed by atoms with Gasteiger partial charge in [-0.3, -0.25) is 4.79 Å². The minimum atomic E-state index is -0.617. The molecule has 1 aromatic rings. The van der Waals surface area contributed by atoms with Crippen molar-refractivity contribution >= 4 is 29.3 Å². The first-order chi connectivity index (χ1) is 9.90. The van der Waals surface area contributed by atoms with Crippen LogP contribution in [0.15, 0.2) is 24.3 Å². The number of nitrogens with one attached hydrogen (secondary N) is 1. The SMILES string of the molecule is CC(CC(C)(NC1CC1)C(N)=O)SCc1ccccc1Cl. The monoisotopic (exact) mass is 326 g/mol. The summed E-state index contributed by atoms with van der Waals surface area (Å²) in [6.07, 6.45) is 3.02. The van der Waals surface area contributed by atoms with Gasteiger partial charge in [-0.15, -0.1) is 0 Å². The minimum Gasteiger partial charge on any atom is -0.368 e. The number of hydrogen-bond acceptors (Lipinski definition) is 3. The van der Waals surface area contributed by atoms with E-state index in [-0.39, 0.29) is 5.91 Å². The molecule has 0 aromatic heterocycles. The summed E-state index contributed by atoms with van der Waals surface area (Å²) in [5.74, 6) is 0.582. The second kappa shape index (κ2) is 7.03. The van der Waals surface area contributed by atoms with Crippen molar-refractivity contribution in [3.63, 3.8) is 0 Å². The lowest BCUT2D eigenvalue weighted by molar-refractivity contribution is -0.124. The predicted molar refractivity (Wildman–Crippen MR) is 90.6 cm³/mol. The summed E-state index contributed by atoms with van der Waals surface area (Å²) >= 11 is 7.97. The molecule has 3 nitrogen and oxygen atoms in total. The van der Waals surface area contributed by atoms with Gasteiger partial charge in [-0.05, 0) is 37.8 Å². The summed E-state index contributed by atoms with van der Waals surface area (Å²) in [7, 11) is 0. The number of halogens is 1. The summed E-state index contributed by atoms with van der Waals surface area (Å²) in [4.78, 5) is 11.8. The third kappa shape index (κ3) is 4.90. The van der Waals surface area contributed by atoms with E-state index in [9.17, 15) is 4.79 Å². The highest BCUT2D eigenvalue weighted by Crippen LogP contribution is 2.30. The van der Waals surface area contributed by atoms with Crippen LogP contribution >= 0.6 is 23.4 Å². The second-order valence-electron chi connectivity index (χ2n) is 6.03. The van der Waals surface area contributed by atoms with Crippen LogP contribution in [0.25, 0.3) is 0 Å². The van der Waals surface area contributed by atoms with E-state index in [2.05, 4.69) is 12.2 Å². The zero-order valence-corrected chi connectivity index (χ0v) is 14.1. The first kappa shape index (κ1) is 16.7. The van der Waals surface area contributed by atoms with E-state index in [1.807, 2.05) is 31.2 Å². The first-order valence-electron chi connectivity index (χ1n) is 7.33. The number of amides is 1. The van der Waals surface area contributed by atoms with Gasteiger partial charge in [-0.1, -0.05) is 36.7 Å². The molecule has 1 saturated carbocycles. The van der Waals surface area contributed by atoms with Gasteiger partial charge in [0.15, 0.2) is 0 Å². The van der Waals surface area contributed by atoms with Gasteiger partial charge in [0.1, 0.15) is 0 Å². The molecular formula is C16H23ClN2OS. The molecule has 0 aliphatic heterocycles. The highest BCUT2D eigenvalue weighted by Gasteiger charge is 2.38. The van der Waals surface area contributed by atoms with E-state index < -0.39 is 5.54 Å². The predicted octanol–water partition coefficient (Wildman–Crippen LogP) is 3.35. The molecule has 21 heavy (non-hydrogen) atoms. The summed E-state index contributed by atoms with van der Waals surface area (Å²) < 4.78 is 0. The van der Waals surface area contributed by atoms with E-state index in [1.54, 1.807) is 11.8 Å². The number of carbonyl (C=O) groups excluding carboxylic acids is 1. The lowest BCUT2D eigenvalue weighted by atomic mass is 9.95. The number of nitrogens with two attached hydrogens (primary N) is 1. The Morgan fingerprint density at radius 3 is 2.76 bits per heavy atom. The summed E-state index contributed by atoms with van der Waals surface area (Å²) in [5, 5.41) is 4.51. The number of rotatable bonds is 8. The van der Waals surface area contributed by atoms with Gasteiger partial charge in [0.2, 0.25) is 5.91 Å². The van der Waals surface area contributed by atoms with Gasteiger partial charge in [0.25, 0.3) is 0 Å². The molecule has 0 saturated heterocycles. The van der Waals surface area contributed by atoms with E-state index in [1.165, 1.54) is 0 Å². The Kier molecular flexibility index (Phi) is 5.58. The summed E-state index contributed by atoms with van der Waals surface area (Å²) in [5.41, 5.74) is 6.11. The van der Waals surface area contributed by atoms with Crippen LogP contribution in [-0.4, -0.2) is 22.7 Å². The molecule has 2 atom stereocenters. The topological polar surface area (TPSA) is 55.1 Å². The average Bonchev–Trinajstić information content (AvgIpc) is 3.21. The Hall–Kier alpha value is -0.710. The van der Waals surface area contributed by atoms with E-state index in [0.29, 0.717) is 11.3 Å². The van der Waals surface area contributed by atoms with Crippen LogP contribution in [-0.2, 0) is 10.5 Å². The molecule has 2 unspecified atom stereocenters. The fourth-order valence-corrected chi connectivity index (χ4v) is 3.84. The number of benzene rings is 1. The minimum absolute atomic E-state index is 0.264. The normalized spacial score (nSPS) is 19.0. The maximum atomic E-state index is 11.8. The molecule has 5 heteroatoms. The largest absolute Gasteiger partial charge is 0.368 e. The van der Waals surface area contributed by atoms with Gasteiger partial charge < -0.3 is 11.1 Å². The van der Waals surface area contributed by atoms with Crippen molar-refractivity contribution in [2.75, 3.05) is 0 Å². The second-order valence-corrected chi connectivity index (χ2v) is 7.87. The summed E-state index contributed by atoms with van der Waals surface area (Å²) in [6.45, 7) is 4.05. The van der Waals surface area contributed by atoms with E-state index in [4.69, 9.17) is 17.3 Å². The van der Waals surface area contributed by atoms with Gasteiger partial charge >= 0.3 is 0 Å². The smallest absolute Gasteiger partial charge is 0.237 e. The van der Waals surface area contributed by atoms with Crippen molar-refractivity contribution in [1.29, 1.82) is 0 Å². The van der Waals surface area contributed by atoms with Crippen LogP contribution in [0, 0.1) is 0 Å². The van der Waals surface area contributed by atoms with Gasteiger partial charge in [0.05, 0.1) is 5.54 Å². The van der Waals surface area contributed by atoms with Crippen molar-refractivity contribution in [1.82, 2.24) is 5.32 Å². The lowest BCUT2D eigenvalue weighted by Gasteiger charge is -2.30. The number of carbonyl (C=O) groups is 1. The maximum absolute atomic E-state index is 11.8. The van der Waals surface area contributed by atoms with Crippen molar-refractivity contribution in [3.05, 3.63) is 34.9 Å². The average molecular weight is 327 g/mol. The first-order valence-corrected chi connectivity index (χ1v) is 8.76. The molecule has 0 bridgehead atoms. The fraction of sp³-hybridized carbons (Fsp3) is 0.562. The maximum Gasteiger partial charge on any atom is 0.237 e. The number of hydrogen-bond donors (Lipinski definition) is 2. The molecule has 0 heterocycles. The molecule has 1 aromatic carbocycles. The van der Waals surface area contributed by atoms with Crippen molar-refractivity contribution in [3.8, 4) is 0 Å². The molecule has 2 rings (SSSR count). The summed E-state index contributed by atoms with van der Waals surface area (Å²) in [6, 6.07) is 8.34. The van der Waals surface area contributed by atoms with Gasteiger partial charge in [0, 0.05) is 22.1 Å². The highest BCUT2D eigenvalue weighted by molar-refractivity contribution is 7.99. The van der Waals surface area contributed by atoms with Crippen LogP contribution < -0.4 is 11.1 Å². The Morgan fingerprint density at radius 1 is 1.52 bits per heavy atom. The molecule has 1 fully saturated rings. The van der Waals surface area contributed by atoms with Crippen molar-refractivity contribution in [2.24, 2.45) is 5.73 Å². The Morgan fingerprint density at radius 2 is 2.19 bits per heavy atom. The standard InChI is InChI=1S/C16H23ClN2OS/c1-11(21-10-12-5-3-4-6-14(12)17)9-16(2,15(18)20)19-13-7-8-13/h3-6,11,13,19H,7-10H2,1-2H3,(H2,18,20). The van der Waals surface area contributed by atoms with Gasteiger partial charge in [-0.2, -0.15) is 11.8 Å². The Labute approximate surface area is 136 Å². The molecular weight excluding hydrogens is 304 g/mol. The van der Waals surface area contributed by atoms with Crippen LogP contribution in [0.4, 0.5) is 0 Å². The van der Waals surface area contributed by atoms with Crippen LogP contribution in [0.1, 0.15) is 38.7 Å². The lowest BCUT2D eigenvalue weighted by Crippen LogP contribution is -2.55. The highest BCUT2D eigenvalue weighted by atomic mass is 35.5. The van der Waals surface area contributed by atoms with Crippen molar-refractivity contribution < 1.29 is 4.79 Å². The molecule has 1 aliphatic carbocycles. The Balaban J connectivity index is 1.88. The molecule has 0 radical (unpaired) electrons. The Bertz CT molecular complexity index is 507.